The fourth-order valence-electron chi connectivity index (χ4n) is 0.967. The first-order valence-electron chi connectivity index (χ1n) is 4.41. The molecule has 4 nitrogen and oxygen atoms in total. The molecule has 0 heterocycles. The molecule has 0 radical (unpaired) electrons. The van der Waals surface area contributed by atoms with E-state index in [4.69, 9.17) is 5.73 Å². The van der Waals surface area contributed by atoms with Gasteiger partial charge in [-0.05, 0) is 30.7 Å². The monoisotopic (exact) mass is 214 g/mol. The molecule has 0 aliphatic carbocycles. The van der Waals surface area contributed by atoms with E-state index in [0.29, 0.717) is 12.2 Å². The first-order valence-corrected chi connectivity index (χ1v) is 5.90. The van der Waals surface area contributed by atoms with Gasteiger partial charge in [0, 0.05) is 12.2 Å². The molecule has 0 unspecified atom stereocenters. The number of anilines is 1. The highest BCUT2D eigenvalue weighted by Gasteiger charge is 2.11. The van der Waals surface area contributed by atoms with Crippen LogP contribution in [0.5, 0.6) is 0 Å². The van der Waals surface area contributed by atoms with Gasteiger partial charge in [0.25, 0.3) is 0 Å². The normalized spacial score (nSPS) is 11.5. The van der Waals surface area contributed by atoms with Crippen molar-refractivity contribution in [1.82, 2.24) is 4.72 Å². The van der Waals surface area contributed by atoms with Crippen LogP contribution < -0.4 is 10.5 Å². The topological polar surface area (TPSA) is 72.2 Å². The molecule has 3 N–H and O–H groups in total. The lowest BCUT2D eigenvalue weighted by atomic mass is 10.3. The number of nitrogen functional groups attached to an aromatic ring is 1. The van der Waals surface area contributed by atoms with Gasteiger partial charge in [-0.1, -0.05) is 6.92 Å². The number of nitrogens with one attached hydrogen (secondary N) is 1. The number of hydrogen-bond acceptors (Lipinski definition) is 3. The van der Waals surface area contributed by atoms with Crippen LogP contribution in [0, 0.1) is 0 Å². The van der Waals surface area contributed by atoms with E-state index in [1.165, 1.54) is 12.1 Å². The molecule has 1 aromatic carbocycles. The van der Waals surface area contributed by atoms with Crippen LogP contribution in [0.25, 0.3) is 0 Å². The minimum Gasteiger partial charge on any atom is -0.399 e. The first-order chi connectivity index (χ1) is 6.56. The quantitative estimate of drug-likeness (QED) is 0.733. The summed E-state index contributed by atoms with van der Waals surface area (Å²) in [6.07, 6.45) is 0.772. The molecular weight excluding hydrogens is 200 g/mol. The summed E-state index contributed by atoms with van der Waals surface area (Å²) in [5, 5.41) is 0. The molecule has 0 fully saturated rings. The zero-order valence-corrected chi connectivity index (χ0v) is 8.84. The highest BCUT2D eigenvalue weighted by atomic mass is 32.2. The molecular formula is C9H14N2O2S. The van der Waals surface area contributed by atoms with Crippen molar-refractivity contribution < 1.29 is 8.42 Å². The van der Waals surface area contributed by atoms with Crippen LogP contribution in [0.2, 0.25) is 0 Å². The van der Waals surface area contributed by atoms with Gasteiger partial charge < -0.3 is 5.73 Å². The van der Waals surface area contributed by atoms with Crippen molar-refractivity contribution in [2.45, 2.75) is 18.2 Å². The van der Waals surface area contributed by atoms with Crippen LogP contribution >= 0.6 is 0 Å². The van der Waals surface area contributed by atoms with Gasteiger partial charge in [-0.2, -0.15) is 0 Å². The lowest BCUT2D eigenvalue weighted by Crippen LogP contribution is -2.24. The molecule has 1 rings (SSSR count). The summed E-state index contributed by atoms with van der Waals surface area (Å²) in [4.78, 5) is 0.250. The summed E-state index contributed by atoms with van der Waals surface area (Å²) in [5.74, 6) is 0. The molecule has 0 spiro atoms. The smallest absolute Gasteiger partial charge is 0.240 e. The van der Waals surface area contributed by atoms with Gasteiger partial charge in [0.15, 0.2) is 0 Å². The zero-order chi connectivity index (χ0) is 10.6. The van der Waals surface area contributed by atoms with Crippen molar-refractivity contribution in [3.05, 3.63) is 24.3 Å². The van der Waals surface area contributed by atoms with Gasteiger partial charge >= 0.3 is 0 Å². The molecule has 0 saturated heterocycles. The van der Waals surface area contributed by atoms with Crippen molar-refractivity contribution in [2.75, 3.05) is 12.3 Å². The first kappa shape index (κ1) is 11.0. The van der Waals surface area contributed by atoms with Crippen molar-refractivity contribution in [3.8, 4) is 0 Å². The molecule has 0 aliphatic heterocycles. The van der Waals surface area contributed by atoms with Crippen molar-refractivity contribution in [1.29, 1.82) is 0 Å². The highest BCUT2D eigenvalue weighted by Crippen LogP contribution is 2.10. The molecule has 5 heteroatoms. The second kappa shape index (κ2) is 4.43. The predicted molar refractivity (Wildman–Crippen MR) is 56.3 cm³/mol. The summed E-state index contributed by atoms with van der Waals surface area (Å²) in [5.41, 5.74) is 6.01. The molecule has 0 aromatic heterocycles. The average Bonchev–Trinajstić information content (AvgIpc) is 2.16. The standard InChI is InChI=1S/C9H14N2O2S/c1-2-7-11-14(12,13)9-5-3-8(10)4-6-9/h3-6,11H,2,7,10H2,1H3. The second-order valence-electron chi connectivity index (χ2n) is 2.97. The van der Waals surface area contributed by atoms with Crippen molar-refractivity contribution >= 4 is 15.7 Å². The number of sulfonamides is 1. The van der Waals surface area contributed by atoms with E-state index in [-0.39, 0.29) is 4.90 Å². The molecule has 0 aliphatic rings. The summed E-state index contributed by atoms with van der Waals surface area (Å²) in [7, 11) is -3.34. The van der Waals surface area contributed by atoms with Crippen molar-refractivity contribution in [2.24, 2.45) is 0 Å². The van der Waals surface area contributed by atoms with Crippen LogP contribution in [0.15, 0.2) is 29.2 Å². The molecule has 78 valence electrons. The fraction of sp³-hybridized carbons (Fsp3) is 0.333. The third kappa shape index (κ3) is 2.71. The Morgan fingerprint density at radius 3 is 2.36 bits per heavy atom. The van der Waals surface area contributed by atoms with Crippen LogP contribution in [0.4, 0.5) is 5.69 Å². The van der Waals surface area contributed by atoms with Crippen LogP contribution in [-0.2, 0) is 10.0 Å². The average molecular weight is 214 g/mol. The number of hydrogen-bond donors (Lipinski definition) is 2. The van der Waals surface area contributed by atoms with Gasteiger partial charge in [-0.25, -0.2) is 13.1 Å². The molecule has 0 atom stereocenters. The Morgan fingerprint density at radius 2 is 1.86 bits per heavy atom. The van der Waals surface area contributed by atoms with Gasteiger partial charge in [0.2, 0.25) is 10.0 Å². The lowest BCUT2D eigenvalue weighted by molar-refractivity contribution is 0.581. The van der Waals surface area contributed by atoms with Gasteiger partial charge in [0.1, 0.15) is 0 Å². The molecule has 1 aromatic rings. The van der Waals surface area contributed by atoms with Crippen LogP contribution in [-0.4, -0.2) is 15.0 Å². The Kier molecular flexibility index (Phi) is 3.49. The van der Waals surface area contributed by atoms with E-state index in [0.717, 1.165) is 6.42 Å². The second-order valence-corrected chi connectivity index (χ2v) is 4.73. The molecule has 14 heavy (non-hydrogen) atoms. The van der Waals surface area contributed by atoms with Crippen LogP contribution in [0.1, 0.15) is 13.3 Å². The predicted octanol–water partition coefficient (Wildman–Crippen LogP) is 0.957. The van der Waals surface area contributed by atoms with Gasteiger partial charge in [-0.15, -0.1) is 0 Å². The minimum atomic E-state index is -3.34. The van der Waals surface area contributed by atoms with Gasteiger partial charge in [-0.3, -0.25) is 0 Å². The van der Waals surface area contributed by atoms with E-state index < -0.39 is 10.0 Å². The summed E-state index contributed by atoms with van der Waals surface area (Å²) in [6, 6.07) is 6.13. The summed E-state index contributed by atoms with van der Waals surface area (Å²) in [6.45, 7) is 2.36. The van der Waals surface area contributed by atoms with E-state index >= 15 is 0 Å². The van der Waals surface area contributed by atoms with E-state index in [2.05, 4.69) is 4.72 Å². The Bertz CT molecular complexity index is 384. The maximum Gasteiger partial charge on any atom is 0.240 e. The third-order valence-corrected chi connectivity index (χ3v) is 3.21. The van der Waals surface area contributed by atoms with Crippen LogP contribution in [0.3, 0.4) is 0 Å². The number of nitrogens with two attached hydrogens (primary N) is 1. The maximum atomic E-state index is 11.6. The Morgan fingerprint density at radius 1 is 1.29 bits per heavy atom. The SMILES string of the molecule is CCCNS(=O)(=O)c1ccc(N)cc1. The molecule has 0 amide bonds. The Balaban J connectivity index is 2.87. The summed E-state index contributed by atoms with van der Waals surface area (Å²) < 4.78 is 25.6. The largest absolute Gasteiger partial charge is 0.399 e. The van der Waals surface area contributed by atoms with E-state index in [1.54, 1.807) is 12.1 Å². The molecule has 0 saturated carbocycles. The zero-order valence-electron chi connectivity index (χ0n) is 8.03. The summed E-state index contributed by atoms with van der Waals surface area (Å²) >= 11 is 0. The lowest BCUT2D eigenvalue weighted by Gasteiger charge is -2.05. The third-order valence-electron chi connectivity index (χ3n) is 1.73. The minimum absolute atomic E-state index is 0.250. The molecule has 0 bridgehead atoms. The van der Waals surface area contributed by atoms with E-state index in [9.17, 15) is 8.42 Å². The van der Waals surface area contributed by atoms with Crippen molar-refractivity contribution in [3.63, 3.8) is 0 Å². The maximum absolute atomic E-state index is 11.6. The van der Waals surface area contributed by atoms with E-state index in [1.807, 2.05) is 6.92 Å². The Labute approximate surface area is 84.2 Å². The van der Waals surface area contributed by atoms with Gasteiger partial charge in [0.05, 0.1) is 4.90 Å². The number of rotatable bonds is 4. The number of benzene rings is 1. The highest BCUT2D eigenvalue weighted by molar-refractivity contribution is 7.89. The fourth-order valence-corrected chi connectivity index (χ4v) is 2.10. The Hall–Kier alpha value is -1.07.